The van der Waals surface area contributed by atoms with Crippen molar-refractivity contribution in [1.82, 2.24) is 4.57 Å². The normalized spacial score (nSPS) is 11.5. The van der Waals surface area contributed by atoms with Gasteiger partial charge >= 0.3 is 0 Å². The van der Waals surface area contributed by atoms with Crippen molar-refractivity contribution in [3.05, 3.63) is 108 Å². The first-order valence-electron chi connectivity index (χ1n) is 10.9. The van der Waals surface area contributed by atoms with Gasteiger partial charge in [0.05, 0.1) is 17.3 Å². The Morgan fingerprint density at radius 2 is 1.82 bits per heavy atom. The van der Waals surface area contributed by atoms with Crippen LogP contribution in [0.2, 0.25) is 0 Å². The van der Waals surface area contributed by atoms with E-state index in [0.29, 0.717) is 12.1 Å². The summed E-state index contributed by atoms with van der Waals surface area (Å²) < 4.78 is 7.85. The third-order valence-corrected chi connectivity index (χ3v) is 6.27. The molecule has 0 saturated carbocycles. The van der Waals surface area contributed by atoms with Gasteiger partial charge in [0, 0.05) is 28.4 Å². The number of nitrogens with two attached hydrogens (primary N) is 1. The second-order valence-corrected chi connectivity index (χ2v) is 8.46. The lowest BCUT2D eigenvalue weighted by Gasteiger charge is -2.10. The molecule has 0 aliphatic carbocycles. The largest absolute Gasteiger partial charge is 0.464 e. The van der Waals surface area contributed by atoms with Crippen LogP contribution >= 0.6 is 0 Å². The van der Waals surface area contributed by atoms with Crippen molar-refractivity contribution < 1.29 is 9.21 Å². The van der Waals surface area contributed by atoms with Gasteiger partial charge in [-0.05, 0) is 71.8 Å². The summed E-state index contributed by atoms with van der Waals surface area (Å²) in [5, 5.41) is 4.15. The SMILES string of the molecule is Cc1ccc2cc(Cn3c4cc(-c5ccco5)c[c]c4c4c(C(N)=O)cccc43)ccc2c1. The molecule has 0 unspecified atom stereocenters. The molecule has 4 aromatic carbocycles. The van der Waals surface area contributed by atoms with Crippen LogP contribution in [0.1, 0.15) is 21.5 Å². The highest BCUT2D eigenvalue weighted by Crippen LogP contribution is 2.35. The molecule has 159 valence electrons. The summed E-state index contributed by atoms with van der Waals surface area (Å²) in [6.07, 6.45) is 1.66. The quantitative estimate of drug-likeness (QED) is 0.349. The lowest BCUT2D eigenvalue weighted by atomic mass is 10.0. The number of aryl methyl sites for hydroxylation is 1. The molecule has 0 aliphatic rings. The van der Waals surface area contributed by atoms with Gasteiger partial charge in [0.15, 0.2) is 0 Å². The van der Waals surface area contributed by atoms with Crippen LogP contribution in [-0.2, 0) is 6.54 Å². The fourth-order valence-corrected chi connectivity index (χ4v) is 4.71. The second-order valence-electron chi connectivity index (χ2n) is 8.46. The van der Waals surface area contributed by atoms with Crippen LogP contribution < -0.4 is 5.73 Å². The molecule has 2 heterocycles. The topological polar surface area (TPSA) is 61.2 Å². The van der Waals surface area contributed by atoms with Gasteiger partial charge in [0.1, 0.15) is 5.76 Å². The minimum Gasteiger partial charge on any atom is -0.464 e. The molecule has 4 heteroatoms. The number of primary amides is 1. The van der Waals surface area contributed by atoms with Crippen LogP contribution in [0.3, 0.4) is 0 Å². The van der Waals surface area contributed by atoms with Gasteiger partial charge in [-0.1, -0.05) is 42.0 Å². The molecule has 1 amide bonds. The first-order valence-corrected chi connectivity index (χ1v) is 10.9. The van der Waals surface area contributed by atoms with Crippen LogP contribution in [0.4, 0.5) is 0 Å². The molecule has 33 heavy (non-hydrogen) atoms. The average Bonchev–Trinajstić information content (AvgIpc) is 3.46. The van der Waals surface area contributed by atoms with E-state index in [1.807, 2.05) is 30.3 Å². The van der Waals surface area contributed by atoms with Gasteiger partial charge in [-0.2, -0.15) is 0 Å². The molecular weight excluding hydrogens is 408 g/mol. The highest BCUT2D eigenvalue weighted by Gasteiger charge is 2.18. The molecule has 0 saturated heterocycles. The van der Waals surface area contributed by atoms with Crippen molar-refractivity contribution in [3.63, 3.8) is 0 Å². The number of hydrogen-bond donors (Lipinski definition) is 1. The minimum atomic E-state index is -0.441. The van der Waals surface area contributed by atoms with E-state index in [2.05, 4.69) is 60.0 Å². The van der Waals surface area contributed by atoms with Crippen molar-refractivity contribution in [2.75, 3.05) is 0 Å². The van der Waals surface area contributed by atoms with Crippen molar-refractivity contribution in [1.29, 1.82) is 0 Å². The molecule has 0 atom stereocenters. The molecule has 2 aromatic heterocycles. The fraction of sp³-hybridized carbons (Fsp3) is 0.0690. The standard InChI is InChI=1S/C29H21N2O2/c1-18-7-9-21-15-19(8-10-20(21)14-18)17-31-25-5-2-4-24(29(30)32)28(25)23-12-11-22(16-26(23)31)27-6-3-13-33-27/h2-11,13-16H,17H2,1H3,(H2,30,32). The van der Waals surface area contributed by atoms with E-state index in [9.17, 15) is 4.79 Å². The molecule has 0 spiro atoms. The number of aromatic nitrogens is 1. The Labute approximate surface area is 190 Å². The summed E-state index contributed by atoms with van der Waals surface area (Å²) in [6.45, 7) is 2.76. The number of fused-ring (bicyclic) bond motifs is 4. The first-order chi connectivity index (χ1) is 16.1. The van der Waals surface area contributed by atoms with Crippen molar-refractivity contribution >= 4 is 38.5 Å². The van der Waals surface area contributed by atoms with Crippen molar-refractivity contribution in [3.8, 4) is 11.3 Å². The molecule has 6 aromatic rings. The van der Waals surface area contributed by atoms with E-state index >= 15 is 0 Å². The third-order valence-electron chi connectivity index (χ3n) is 6.27. The predicted molar refractivity (Wildman–Crippen MR) is 132 cm³/mol. The lowest BCUT2D eigenvalue weighted by molar-refractivity contribution is 0.100. The zero-order chi connectivity index (χ0) is 22.5. The van der Waals surface area contributed by atoms with Crippen molar-refractivity contribution in [2.45, 2.75) is 13.5 Å². The van der Waals surface area contributed by atoms with E-state index in [1.165, 1.54) is 21.9 Å². The Balaban J connectivity index is 1.60. The highest BCUT2D eigenvalue weighted by atomic mass is 16.3. The maximum atomic E-state index is 12.2. The van der Waals surface area contributed by atoms with E-state index in [1.54, 1.807) is 12.3 Å². The Bertz CT molecular complexity index is 1670. The van der Waals surface area contributed by atoms with Crippen LogP contribution in [0.5, 0.6) is 0 Å². The number of nitrogens with zero attached hydrogens (tertiary/aromatic N) is 1. The van der Waals surface area contributed by atoms with Gasteiger partial charge in [-0.25, -0.2) is 0 Å². The van der Waals surface area contributed by atoms with Crippen molar-refractivity contribution in [2.24, 2.45) is 5.73 Å². The summed E-state index contributed by atoms with van der Waals surface area (Å²) >= 11 is 0. The summed E-state index contributed by atoms with van der Waals surface area (Å²) in [7, 11) is 0. The number of benzene rings is 4. The Morgan fingerprint density at radius 3 is 2.64 bits per heavy atom. The maximum Gasteiger partial charge on any atom is 0.249 e. The van der Waals surface area contributed by atoms with Crippen LogP contribution in [-0.4, -0.2) is 10.5 Å². The molecule has 1 radical (unpaired) electrons. The van der Waals surface area contributed by atoms with Crippen LogP contribution in [0.15, 0.2) is 89.5 Å². The summed E-state index contributed by atoms with van der Waals surface area (Å²) in [5.74, 6) is 0.338. The number of rotatable bonds is 4. The van der Waals surface area contributed by atoms with Crippen LogP contribution in [0.25, 0.3) is 43.9 Å². The summed E-state index contributed by atoms with van der Waals surface area (Å²) in [5.41, 5.74) is 11.5. The van der Waals surface area contributed by atoms with Gasteiger partial charge in [0.2, 0.25) is 5.91 Å². The van der Waals surface area contributed by atoms with E-state index < -0.39 is 5.91 Å². The molecule has 4 nitrogen and oxygen atoms in total. The molecule has 0 bridgehead atoms. The smallest absolute Gasteiger partial charge is 0.249 e. The summed E-state index contributed by atoms with van der Waals surface area (Å²) in [4.78, 5) is 12.2. The van der Waals surface area contributed by atoms with Gasteiger partial charge in [-0.15, -0.1) is 0 Å². The minimum absolute atomic E-state index is 0.441. The van der Waals surface area contributed by atoms with Gasteiger partial charge in [-0.3, -0.25) is 4.79 Å². The number of carbonyl (C=O) groups is 1. The van der Waals surface area contributed by atoms with E-state index in [0.717, 1.165) is 33.1 Å². The third kappa shape index (κ3) is 3.19. The molecule has 6 rings (SSSR count). The molecule has 0 aliphatic heterocycles. The zero-order valence-corrected chi connectivity index (χ0v) is 18.1. The Hall–Kier alpha value is -4.31. The number of amides is 1. The molecule has 2 N–H and O–H groups in total. The van der Waals surface area contributed by atoms with E-state index in [4.69, 9.17) is 10.2 Å². The highest BCUT2D eigenvalue weighted by molar-refractivity contribution is 6.18. The van der Waals surface area contributed by atoms with Gasteiger partial charge < -0.3 is 14.7 Å². The average molecular weight is 429 g/mol. The van der Waals surface area contributed by atoms with Crippen LogP contribution in [0, 0.1) is 13.0 Å². The second kappa shape index (κ2) is 7.38. The number of carbonyl (C=O) groups excluding carboxylic acids is 1. The zero-order valence-electron chi connectivity index (χ0n) is 18.1. The first kappa shape index (κ1) is 19.4. The van der Waals surface area contributed by atoms with E-state index in [-0.39, 0.29) is 0 Å². The Kier molecular flexibility index (Phi) is 4.34. The molecule has 0 fully saturated rings. The number of hydrogen-bond acceptors (Lipinski definition) is 2. The lowest BCUT2D eigenvalue weighted by Crippen LogP contribution is -2.11. The summed E-state index contributed by atoms with van der Waals surface area (Å²) in [6, 6.07) is 30.0. The monoisotopic (exact) mass is 429 g/mol. The fourth-order valence-electron chi connectivity index (χ4n) is 4.71. The Morgan fingerprint density at radius 1 is 0.970 bits per heavy atom. The van der Waals surface area contributed by atoms with Gasteiger partial charge in [0.25, 0.3) is 0 Å². The molecular formula is C29H21N2O2. The predicted octanol–water partition coefficient (Wildman–Crippen LogP) is 6.46. The number of furan rings is 1. The maximum absolute atomic E-state index is 12.2.